The van der Waals surface area contributed by atoms with E-state index in [0.29, 0.717) is 0 Å². The molecule has 1 nitrogen and oxygen atoms in total. The minimum absolute atomic E-state index is 0.170. The zero-order valence-corrected chi connectivity index (χ0v) is 9.18. The van der Waals surface area contributed by atoms with Crippen LogP contribution in [0.2, 0.25) is 0 Å². The summed E-state index contributed by atoms with van der Waals surface area (Å²) >= 11 is 3.67. The highest BCUT2D eigenvalue weighted by Gasteiger charge is 2.26. The number of aliphatic imine (C=N–C) groups is 1. The van der Waals surface area contributed by atoms with Crippen molar-refractivity contribution >= 4 is 27.9 Å². The molecule has 1 aliphatic heterocycles. The summed E-state index contributed by atoms with van der Waals surface area (Å²) in [4.78, 5) is 4.63. The molecular weight excluding hydrogens is 174 g/mol. The van der Waals surface area contributed by atoms with Gasteiger partial charge in [0.15, 0.2) is 0 Å². The summed E-state index contributed by atoms with van der Waals surface area (Å²) in [6.07, 6.45) is 3.29. The highest BCUT2D eigenvalue weighted by atomic mass is 32.2. The van der Waals surface area contributed by atoms with E-state index >= 15 is 0 Å². The van der Waals surface area contributed by atoms with E-state index < -0.39 is 0 Å². The van der Waals surface area contributed by atoms with Gasteiger partial charge in [-0.1, -0.05) is 18.7 Å². The molecule has 64 valence electrons. The van der Waals surface area contributed by atoms with Crippen LogP contribution in [0.15, 0.2) is 4.99 Å². The van der Waals surface area contributed by atoms with Crippen molar-refractivity contribution in [3.63, 3.8) is 0 Å². The SMILES string of the molecule is CSC1=NC(C)(C)CC(C)S1. The van der Waals surface area contributed by atoms with E-state index in [4.69, 9.17) is 0 Å². The molecule has 1 heterocycles. The molecule has 3 heteroatoms. The van der Waals surface area contributed by atoms with Crippen LogP contribution in [0.3, 0.4) is 0 Å². The van der Waals surface area contributed by atoms with Crippen LogP contribution in [-0.2, 0) is 0 Å². The van der Waals surface area contributed by atoms with Crippen molar-refractivity contribution in [1.82, 2.24) is 0 Å². The second-order valence-corrected chi connectivity index (χ2v) is 6.01. The summed E-state index contributed by atoms with van der Waals surface area (Å²) in [5.74, 6) is 0. The number of thioether (sulfide) groups is 2. The molecule has 0 spiro atoms. The maximum atomic E-state index is 4.63. The maximum Gasteiger partial charge on any atom is 0.125 e. The van der Waals surface area contributed by atoms with Gasteiger partial charge in [-0.15, -0.1) is 11.8 Å². The summed E-state index contributed by atoms with van der Waals surface area (Å²) in [6, 6.07) is 0. The lowest BCUT2D eigenvalue weighted by atomic mass is 10.00. The van der Waals surface area contributed by atoms with Crippen LogP contribution in [0.5, 0.6) is 0 Å². The third-order valence-electron chi connectivity index (χ3n) is 1.66. The van der Waals surface area contributed by atoms with E-state index in [2.05, 4.69) is 32.0 Å². The summed E-state index contributed by atoms with van der Waals surface area (Å²) in [6.45, 7) is 6.69. The van der Waals surface area contributed by atoms with E-state index in [1.54, 1.807) is 11.8 Å². The molecule has 0 saturated heterocycles. The van der Waals surface area contributed by atoms with E-state index in [0.717, 1.165) is 5.25 Å². The van der Waals surface area contributed by atoms with Gasteiger partial charge in [-0.2, -0.15) is 0 Å². The lowest BCUT2D eigenvalue weighted by Crippen LogP contribution is -2.27. The van der Waals surface area contributed by atoms with Crippen molar-refractivity contribution in [1.29, 1.82) is 0 Å². The van der Waals surface area contributed by atoms with Crippen LogP contribution < -0.4 is 0 Å². The molecule has 0 amide bonds. The molecule has 1 unspecified atom stereocenters. The third-order valence-corrected chi connectivity index (χ3v) is 3.75. The Balaban J connectivity index is 2.74. The van der Waals surface area contributed by atoms with Crippen molar-refractivity contribution in [2.45, 2.75) is 38.0 Å². The second-order valence-electron chi connectivity index (χ2n) is 3.53. The molecule has 0 radical (unpaired) electrons. The van der Waals surface area contributed by atoms with Gasteiger partial charge in [-0.05, 0) is 26.5 Å². The van der Waals surface area contributed by atoms with Gasteiger partial charge >= 0.3 is 0 Å². The fourth-order valence-electron chi connectivity index (χ4n) is 1.33. The second kappa shape index (κ2) is 3.40. The van der Waals surface area contributed by atoms with Gasteiger partial charge in [0.05, 0.1) is 5.54 Å². The summed E-state index contributed by atoms with van der Waals surface area (Å²) in [7, 11) is 0. The van der Waals surface area contributed by atoms with Gasteiger partial charge in [0.25, 0.3) is 0 Å². The van der Waals surface area contributed by atoms with Crippen LogP contribution in [0.1, 0.15) is 27.2 Å². The molecule has 0 N–H and O–H groups in total. The zero-order chi connectivity index (χ0) is 8.48. The molecule has 1 rings (SSSR count). The Morgan fingerprint density at radius 3 is 2.73 bits per heavy atom. The smallest absolute Gasteiger partial charge is 0.125 e. The summed E-state index contributed by atoms with van der Waals surface area (Å²) in [5.41, 5.74) is 0.170. The molecule has 0 saturated carbocycles. The quantitative estimate of drug-likeness (QED) is 0.581. The highest BCUT2D eigenvalue weighted by molar-refractivity contribution is 8.38. The summed E-state index contributed by atoms with van der Waals surface area (Å²) < 4.78 is 1.24. The van der Waals surface area contributed by atoms with E-state index in [9.17, 15) is 0 Å². The largest absolute Gasteiger partial charge is 0.266 e. The molecule has 0 fully saturated rings. The first kappa shape index (κ1) is 9.46. The predicted molar refractivity (Wildman–Crippen MR) is 56.7 cm³/mol. The molecule has 0 aliphatic carbocycles. The van der Waals surface area contributed by atoms with E-state index in [1.807, 2.05) is 11.8 Å². The monoisotopic (exact) mass is 189 g/mol. The molecule has 0 aromatic carbocycles. The lowest BCUT2D eigenvalue weighted by molar-refractivity contribution is 0.478. The maximum absolute atomic E-state index is 4.63. The standard InChI is InChI=1S/C8H15NS2/c1-6-5-8(2,3)9-7(10-4)11-6/h6H,5H2,1-4H3. The average molecular weight is 189 g/mol. The van der Waals surface area contributed by atoms with Gasteiger partial charge in [-0.3, -0.25) is 4.99 Å². The molecular formula is C8H15NS2. The molecule has 0 aromatic rings. The van der Waals surface area contributed by atoms with Crippen molar-refractivity contribution < 1.29 is 0 Å². The Kier molecular flexibility index (Phi) is 2.92. The molecule has 1 aliphatic rings. The first-order valence-electron chi connectivity index (χ1n) is 3.84. The van der Waals surface area contributed by atoms with Crippen molar-refractivity contribution in [3.8, 4) is 0 Å². The molecule has 0 aromatic heterocycles. The van der Waals surface area contributed by atoms with Gasteiger partial charge < -0.3 is 0 Å². The zero-order valence-electron chi connectivity index (χ0n) is 7.55. The Hall–Kier alpha value is 0.370. The highest BCUT2D eigenvalue weighted by Crippen LogP contribution is 2.34. The topological polar surface area (TPSA) is 12.4 Å². The van der Waals surface area contributed by atoms with Crippen molar-refractivity contribution in [2.75, 3.05) is 6.26 Å². The van der Waals surface area contributed by atoms with Crippen molar-refractivity contribution in [3.05, 3.63) is 0 Å². The fourth-order valence-corrected chi connectivity index (χ4v) is 3.68. The number of rotatable bonds is 0. The third kappa shape index (κ3) is 2.71. The van der Waals surface area contributed by atoms with Crippen LogP contribution in [0.4, 0.5) is 0 Å². The number of hydrogen-bond donors (Lipinski definition) is 0. The van der Waals surface area contributed by atoms with Crippen LogP contribution >= 0.6 is 23.5 Å². The van der Waals surface area contributed by atoms with Crippen LogP contribution in [-0.4, -0.2) is 21.4 Å². The van der Waals surface area contributed by atoms with Gasteiger partial charge in [0.1, 0.15) is 4.38 Å². The lowest BCUT2D eigenvalue weighted by Gasteiger charge is -2.29. The Morgan fingerprint density at radius 2 is 2.27 bits per heavy atom. The Bertz CT molecular complexity index is 175. The minimum atomic E-state index is 0.170. The molecule has 0 bridgehead atoms. The number of nitrogens with zero attached hydrogens (tertiary/aromatic N) is 1. The minimum Gasteiger partial charge on any atom is -0.266 e. The number of hydrogen-bond acceptors (Lipinski definition) is 3. The first-order valence-corrected chi connectivity index (χ1v) is 5.94. The average Bonchev–Trinajstić information content (AvgIpc) is 1.83. The Morgan fingerprint density at radius 1 is 1.64 bits per heavy atom. The first-order chi connectivity index (χ1) is 5.03. The van der Waals surface area contributed by atoms with Gasteiger partial charge in [0, 0.05) is 5.25 Å². The molecule has 11 heavy (non-hydrogen) atoms. The predicted octanol–water partition coefficient (Wildman–Crippen LogP) is 3.01. The van der Waals surface area contributed by atoms with E-state index in [1.165, 1.54) is 10.8 Å². The van der Waals surface area contributed by atoms with Crippen molar-refractivity contribution in [2.24, 2.45) is 4.99 Å². The van der Waals surface area contributed by atoms with Crippen LogP contribution in [0, 0.1) is 0 Å². The van der Waals surface area contributed by atoms with Gasteiger partial charge in [-0.25, -0.2) is 0 Å². The van der Waals surface area contributed by atoms with Gasteiger partial charge in [0.2, 0.25) is 0 Å². The Labute approximate surface area is 77.4 Å². The van der Waals surface area contributed by atoms with E-state index in [-0.39, 0.29) is 5.54 Å². The van der Waals surface area contributed by atoms with Crippen LogP contribution in [0.25, 0.3) is 0 Å². The summed E-state index contributed by atoms with van der Waals surface area (Å²) in [5, 5.41) is 0.727. The normalized spacial score (nSPS) is 29.8. The fraction of sp³-hybridized carbons (Fsp3) is 0.875. The molecule has 1 atom stereocenters.